The molecule has 7 heteroatoms. The molecule has 4 nitrogen and oxygen atoms in total. The van der Waals surface area contributed by atoms with E-state index in [1.165, 1.54) is 6.07 Å². The van der Waals surface area contributed by atoms with Crippen molar-refractivity contribution >= 4 is 33.0 Å². The fourth-order valence-electron chi connectivity index (χ4n) is 2.84. The highest BCUT2D eigenvalue weighted by Crippen LogP contribution is 2.28. The molecule has 0 aliphatic carbocycles. The van der Waals surface area contributed by atoms with Gasteiger partial charge in [0.05, 0.1) is 17.0 Å². The maximum Gasteiger partial charge on any atom is 0.250 e. The van der Waals surface area contributed by atoms with Crippen LogP contribution >= 0.6 is 22.9 Å². The third-order valence-electron chi connectivity index (χ3n) is 4.46. The lowest BCUT2D eigenvalue weighted by molar-refractivity contribution is 0.242. The molecule has 0 saturated heterocycles. The summed E-state index contributed by atoms with van der Waals surface area (Å²) in [5.74, 6) is -0.204. The molecule has 0 fully saturated rings. The van der Waals surface area contributed by atoms with Gasteiger partial charge >= 0.3 is 0 Å². The molecule has 27 heavy (non-hydrogen) atoms. The quantitative estimate of drug-likeness (QED) is 0.589. The summed E-state index contributed by atoms with van der Waals surface area (Å²) in [6, 6.07) is 20.3. The Morgan fingerprint density at radius 3 is 2.19 bits per heavy atom. The second-order valence-corrected chi connectivity index (χ2v) is 9.90. The fourth-order valence-corrected chi connectivity index (χ4v) is 5.65. The van der Waals surface area contributed by atoms with E-state index in [1.54, 1.807) is 6.07 Å². The monoisotopic (exact) mass is 421 g/mol. The Balaban J connectivity index is 1.77. The molecule has 3 aromatic rings. The smallest absolute Gasteiger partial charge is 0.250 e. The molecule has 0 aliphatic rings. The minimum absolute atomic E-state index is 0.137. The third kappa shape index (κ3) is 4.78. The van der Waals surface area contributed by atoms with Crippen molar-refractivity contribution in [1.82, 2.24) is 4.72 Å². The molecular weight excluding hydrogens is 402 g/mol. The highest BCUT2D eigenvalue weighted by atomic mass is 35.5. The van der Waals surface area contributed by atoms with Gasteiger partial charge in [-0.1, -0.05) is 73.1 Å². The predicted octanol–water partition coefficient (Wildman–Crippen LogP) is 4.51. The minimum atomic E-state index is -3.73. The van der Waals surface area contributed by atoms with Crippen LogP contribution in [-0.2, 0) is 10.0 Å². The van der Waals surface area contributed by atoms with Crippen molar-refractivity contribution in [3.8, 4) is 11.1 Å². The van der Waals surface area contributed by atoms with E-state index in [0.29, 0.717) is 4.34 Å². The lowest BCUT2D eigenvalue weighted by atomic mass is 9.92. The zero-order valence-electron chi connectivity index (χ0n) is 14.7. The molecule has 1 heterocycles. The maximum absolute atomic E-state index is 12.5. The molecular formula is C20H20ClNO3S2. The van der Waals surface area contributed by atoms with Gasteiger partial charge in [0.1, 0.15) is 4.21 Å². The van der Waals surface area contributed by atoms with Crippen molar-refractivity contribution in [2.75, 3.05) is 6.61 Å². The van der Waals surface area contributed by atoms with Gasteiger partial charge in [0.15, 0.2) is 0 Å². The van der Waals surface area contributed by atoms with E-state index in [9.17, 15) is 13.5 Å². The zero-order chi connectivity index (χ0) is 19.4. The summed E-state index contributed by atoms with van der Waals surface area (Å²) in [6.07, 6.45) is 0. The van der Waals surface area contributed by atoms with E-state index in [2.05, 4.69) is 4.72 Å². The number of aliphatic hydroxyl groups excluding tert-OH is 1. The summed E-state index contributed by atoms with van der Waals surface area (Å²) in [4.78, 5) is 0. The van der Waals surface area contributed by atoms with Crippen LogP contribution in [-0.4, -0.2) is 26.2 Å². The van der Waals surface area contributed by atoms with Crippen LogP contribution in [0, 0.1) is 0 Å². The Kier molecular flexibility index (Phi) is 6.34. The summed E-state index contributed by atoms with van der Waals surface area (Å²) in [5.41, 5.74) is 3.15. The Labute approximate surface area is 168 Å². The number of halogens is 1. The van der Waals surface area contributed by atoms with Crippen LogP contribution in [0.2, 0.25) is 4.34 Å². The Bertz CT molecular complexity index is 986. The molecule has 3 rings (SSSR count). The number of rotatable bonds is 7. The van der Waals surface area contributed by atoms with E-state index >= 15 is 0 Å². The van der Waals surface area contributed by atoms with E-state index in [0.717, 1.165) is 28.0 Å². The van der Waals surface area contributed by atoms with Gasteiger partial charge in [0.2, 0.25) is 10.0 Å². The van der Waals surface area contributed by atoms with Crippen LogP contribution in [0.1, 0.15) is 18.4 Å². The largest absolute Gasteiger partial charge is 0.395 e. The van der Waals surface area contributed by atoms with Gasteiger partial charge in [-0.25, -0.2) is 13.1 Å². The molecule has 142 valence electrons. The van der Waals surface area contributed by atoms with Gasteiger partial charge in [0.25, 0.3) is 0 Å². The average molecular weight is 422 g/mol. The van der Waals surface area contributed by atoms with E-state index in [4.69, 9.17) is 11.6 Å². The van der Waals surface area contributed by atoms with Gasteiger partial charge in [0, 0.05) is 0 Å². The minimum Gasteiger partial charge on any atom is -0.395 e. The van der Waals surface area contributed by atoms with E-state index in [1.807, 2.05) is 61.5 Å². The first-order chi connectivity index (χ1) is 12.9. The number of hydrogen-bond acceptors (Lipinski definition) is 4. The molecule has 0 aliphatic heterocycles. The number of sulfonamides is 1. The maximum atomic E-state index is 12.5. The summed E-state index contributed by atoms with van der Waals surface area (Å²) in [7, 11) is -3.73. The predicted molar refractivity (Wildman–Crippen MR) is 111 cm³/mol. The lowest BCUT2D eigenvalue weighted by Gasteiger charge is -2.23. The van der Waals surface area contributed by atoms with E-state index in [-0.39, 0.29) is 16.7 Å². The Morgan fingerprint density at radius 1 is 1.00 bits per heavy atom. The van der Waals surface area contributed by atoms with Crippen molar-refractivity contribution in [3.05, 3.63) is 76.6 Å². The zero-order valence-corrected chi connectivity index (χ0v) is 17.1. The number of nitrogens with one attached hydrogen (secondary N) is 1. The standard InChI is InChI=1S/C20H20ClNO3S2/c1-14(15-7-9-17(10-8-15)16-5-3-2-4-6-16)18(13-23)22-27(24,25)20-12-11-19(21)26-20/h2-12,14,18,22-23H,13H2,1H3/t14-,18-/m1/s1. The van der Waals surface area contributed by atoms with Crippen molar-refractivity contribution < 1.29 is 13.5 Å². The summed E-state index contributed by atoms with van der Waals surface area (Å²) in [5, 5.41) is 9.76. The van der Waals surface area contributed by atoms with Crippen LogP contribution in [0.3, 0.4) is 0 Å². The van der Waals surface area contributed by atoms with Crippen molar-refractivity contribution in [2.24, 2.45) is 0 Å². The van der Waals surface area contributed by atoms with Crippen LogP contribution < -0.4 is 4.72 Å². The third-order valence-corrected chi connectivity index (χ3v) is 7.68. The fraction of sp³-hybridized carbons (Fsp3) is 0.200. The second-order valence-electron chi connectivity index (χ2n) is 6.25. The molecule has 0 unspecified atom stereocenters. The van der Waals surface area contributed by atoms with Crippen LogP contribution in [0.5, 0.6) is 0 Å². The van der Waals surface area contributed by atoms with Crippen molar-refractivity contribution in [2.45, 2.75) is 23.1 Å². The van der Waals surface area contributed by atoms with Crippen molar-refractivity contribution in [3.63, 3.8) is 0 Å². The number of thiophene rings is 1. The molecule has 0 spiro atoms. The molecule has 0 bridgehead atoms. The summed E-state index contributed by atoms with van der Waals surface area (Å²) >= 11 is 6.83. The number of benzene rings is 2. The number of aliphatic hydroxyl groups is 1. The van der Waals surface area contributed by atoms with Crippen LogP contribution in [0.25, 0.3) is 11.1 Å². The average Bonchev–Trinajstić information content (AvgIpc) is 3.14. The SMILES string of the molecule is C[C@H](c1ccc(-c2ccccc2)cc1)[C@@H](CO)NS(=O)(=O)c1ccc(Cl)s1. The highest BCUT2D eigenvalue weighted by Gasteiger charge is 2.26. The highest BCUT2D eigenvalue weighted by molar-refractivity contribution is 7.91. The molecule has 0 saturated carbocycles. The van der Waals surface area contributed by atoms with Gasteiger partial charge < -0.3 is 5.11 Å². The van der Waals surface area contributed by atoms with Gasteiger partial charge in [-0.3, -0.25) is 0 Å². The van der Waals surface area contributed by atoms with Crippen molar-refractivity contribution in [1.29, 1.82) is 0 Å². The first-order valence-electron chi connectivity index (χ1n) is 8.44. The Hall–Kier alpha value is -1.70. The van der Waals surface area contributed by atoms with E-state index < -0.39 is 16.1 Å². The first-order valence-corrected chi connectivity index (χ1v) is 11.1. The molecule has 2 aromatic carbocycles. The first kappa shape index (κ1) is 20.0. The molecule has 0 amide bonds. The molecule has 0 radical (unpaired) electrons. The van der Waals surface area contributed by atoms with Gasteiger partial charge in [-0.05, 0) is 34.7 Å². The lowest BCUT2D eigenvalue weighted by Crippen LogP contribution is -2.40. The summed E-state index contributed by atoms with van der Waals surface area (Å²) < 4.78 is 28.2. The second kappa shape index (κ2) is 8.54. The van der Waals surface area contributed by atoms with Crippen LogP contribution in [0.4, 0.5) is 0 Å². The van der Waals surface area contributed by atoms with Gasteiger partial charge in [-0.15, -0.1) is 11.3 Å². The van der Waals surface area contributed by atoms with Gasteiger partial charge in [-0.2, -0.15) is 0 Å². The molecule has 1 aromatic heterocycles. The Morgan fingerprint density at radius 2 is 1.63 bits per heavy atom. The van der Waals surface area contributed by atoms with Crippen LogP contribution in [0.15, 0.2) is 70.9 Å². The molecule has 2 N–H and O–H groups in total. The number of hydrogen-bond donors (Lipinski definition) is 2. The summed E-state index contributed by atoms with van der Waals surface area (Å²) in [6.45, 7) is 1.59. The normalized spacial score (nSPS) is 14.0. The molecule has 2 atom stereocenters. The topological polar surface area (TPSA) is 66.4 Å².